The maximum Gasteiger partial charge on any atom is 0.274 e. The van der Waals surface area contributed by atoms with Gasteiger partial charge in [0.1, 0.15) is 19.5 Å². The number of aliphatic hydroxyl groups is 1. The highest BCUT2D eigenvalue weighted by Gasteiger charge is 2.23. The van der Waals surface area contributed by atoms with Gasteiger partial charge in [0.15, 0.2) is 5.71 Å². The molecule has 0 fully saturated rings. The molecule has 2 atom stereocenters. The summed E-state index contributed by atoms with van der Waals surface area (Å²) in [7, 11) is 1.39. The van der Waals surface area contributed by atoms with E-state index < -0.39 is 12.0 Å². The summed E-state index contributed by atoms with van der Waals surface area (Å²) >= 11 is 0. The average molecular weight is 459 g/mol. The summed E-state index contributed by atoms with van der Waals surface area (Å²) in [6.45, 7) is 2.00. The number of oxime groups is 1. The summed E-state index contributed by atoms with van der Waals surface area (Å²) in [5.74, 6) is 0.768. The minimum absolute atomic E-state index is 0.123. The molecule has 0 bridgehead atoms. The number of aryl methyl sites for hydroxylation is 1. The van der Waals surface area contributed by atoms with Gasteiger partial charge in [-0.3, -0.25) is 4.79 Å². The third-order valence-electron chi connectivity index (χ3n) is 6.04. The van der Waals surface area contributed by atoms with Gasteiger partial charge >= 0.3 is 0 Å². The minimum atomic E-state index is -0.660. The molecule has 6 nitrogen and oxygen atoms in total. The highest BCUT2D eigenvalue weighted by Crippen LogP contribution is 2.38. The fourth-order valence-corrected chi connectivity index (χ4v) is 4.37. The molecule has 0 saturated heterocycles. The molecule has 2 unspecified atom stereocenters. The molecule has 6 heteroatoms. The highest BCUT2D eigenvalue weighted by molar-refractivity contribution is 6.45. The van der Waals surface area contributed by atoms with E-state index in [-0.39, 0.29) is 18.9 Å². The number of fused-ring (bicyclic) bond motifs is 1. The van der Waals surface area contributed by atoms with Crippen molar-refractivity contribution in [1.82, 2.24) is 5.32 Å². The highest BCUT2D eigenvalue weighted by atomic mass is 16.6. The molecular formula is C28H30N2O4. The molecular weight excluding hydrogens is 428 g/mol. The zero-order valence-corrected chi connectivity index (χ0v) is 19.5. The van der Waals surface area contributed by atoms with Gasteiger partial charge in [-0.1, -0.05) is 65.8 Å². The average Bonchev–Trinajstić information content (AvgIpc) is 3.29. The molecule has 0 aromatic heterocycles. The number of hydrogen-bond acceptors (Lipinski definition) is 5. The van der Waals surface area contributed by atoms with E-state index >= 15 is 0 Å². The van der Waals surface area contributed by atoms with Gasteiger partial charge < -0.3 is 20.0 Å². The minimum Gasteiger partial charge on any atom is -0.489 e. The second-order valence-electron chi connectivity index (χ2n) is 8.49. The van der Waals surface area contributed by atoms with E-state index in [9.17, 15) is 9.90 Å². The molecule has 1 aliphatic carbocycles. The number of amides is 1. The lowest BCUT2D eigenvalue weighted by Crippen LogP contribution is -2.36. The van der Waals surface area contributed by atoms with Crippen LogP contribution < -0.4 is 10.1 Å². The zero-order valence-electron chi connectivity index (χ0n) is 19.5. The van der Waals surface area contributed by atoms with Crippen LogP contribution in [0.5, 0.6) is 5.75 Å². The molecule has 1 aliphatic rings. The number of carbonyl (C=O) groups is 1. The van der Waals surface area contributed by atoms with Gasteiger partial charge in [-0.15, -0.1) is 0 Å². The first-order valence-corrected chi connectivity index (χ1v) is 11.5. The number of rotatable bonds is 9. The van der Waals surface area contributed by atoms with Crippen molar-refractivity contribution in [2.45, 2.75) is 38.4 Å². The number of ether oxygens (including phenoxy) is 1. The first kappa shape index (κ1) is 23.5. The number of nitrogens with one attached hydrogen (secondary N) is 1. The second-order valence-corrected chi connectivity index (χ2v) is 8.49. The summed E-state index contributed by atoms with van der Waals surface area (Å²) in [6.07, 6.45) is 1.59. The molecule has 1 amide bonds. The van der Waals surface area contributed by atoms with Crippen molar-refractivity contribution in [2.24, 2.45) is 5.16 Å². The van der Waals surface area contributed by atoms with Gasteiger partial charge in [0.25, 0.3) is 5.91 Å². The largest absolute Gasteiger partial charge is 0.489 e. The molecule has 0 heterocycles. The number of benzene rings is 3. The number of hydrogen-bond donors (Lipinski definition) is 2. The van der Waals surface area contributed by atoms with Gasteiger partial charge in [0, 0.05) is 18.0 Å². The Labute approximate surface area is 200 Å². The van der Waals surface area contributed by atoms with Crippen LogP contribution in [-0.4, -0.2) is 36.5 Å². The summed E-state index contributed by atoms with van der Waals surface area (Å²) in [5.41, 5.74) is 5.71. The first-order valence-electron chi connectivity index (χ1n) is 11.5. The van der Waals surface area contributed by atoms with Crippen LogP contribution in [0.4, 0.5) is 0 Å². The third kappa shape index (κ3) is 5.46. The monoisotopic (exact) mass is 458 g/mol. The van der Waals surface area contributed by atoms with Crippen molar-refractivity contribution in [3.05, 3.63) is 101 Å². The van der Waals surface area contributed by atoms with Crippen LogP contribution in [0.15, 0.2) is 78.0 Å². The maximum absolute atomic E-state index is 12.6. The van der Waals surface area contributed by atoms with Crippen LogP contribution in [0, 0.1) is 0 Å². The number of aliphatic hydroxyl groups excluding tert-OH is 1. The van der Waals surface area contributed by atoms with Crippen molar-refractivity contribution in [2.75, 3.05) is 13.7 Å². The Balaban J connectivity index is 1.46. The molecule has 3 aromatic carbocycles. The summed E-state index contributed by atoms with van der Waals surface area (Å²) in [6, 6.07) is 24.3. The predicted octanol–water partition coefficient (Wildman–Crippen LogP) is 4.19. The van der Waals surface area contributed by atoms with E-state index in [0.717, 1.165) is 24.2 Å². The Hall–Kier alpha value is -3.64. The Bertz CT molecular complexity index is 1160. The van der Waals surface area contributed by atoms with E-state index in [1.54, 1.807) is 13.0 Å². The maximum atomic E-state index is 12.6. The third-order valence-corrected chi connectivity index (χ3v) is 6.04. The molecule has 176 valence electrons. The van der Waals surface area contributed by atoms with Crippen LogP contribution in [0.3, 0.4) is 0 Å². The topological polar surface area (TPSA) is 80.2 Å². The number of carbonyl (C=O) groups excluding carboxylic acids is 1. The van der Waals surface area contributed by atoms with Gasteiger partial charge in [-0.05, 0) is 54.2 Å². The molecule has 3 aromatic rings. The Kier molecular flexibility index (Phi) is 7.60. The summed E-state index contributed by atoms with van der Waals surface area (Å²) in [4.78, 5) is 17.6. The fraction of sp³-hybridized carbons (Fsp3) is 0.286. The van der Waals surface area contributed by atoms with Crippen molar-refractivity contribution in [1.29, 1.82) is 0 Å². The molecule has 4 rings (SSSR count). The van der Waals surface area contributed by atoms with Gasteiger partial charge in [0.05, 0.1) is 6.10 Å². The smallest absolute Gasteiger partial charge is 0.274 e. The van der Waals surface area contributed by atoms with Crippen LogP contribution >= 0.6 is 0 Å². The fourth-order valence-electron chi connectivity index (χ4n) is 4.37. The standard InChI is InChI=1S/C28H30N2O4/c1-19(31)17-29-28(32)27(30-33-2)26-10-6-4-8-22(26)18-34-23-14-11-21(12-15-23)25-16-13-20-7-3-5-9-24(20)25/h3-12,14-15,19,25,31H,13,16-18H2,1-2H3,(H,29,32). The molecule has 0 radical (unpaired) electrons. The predicted molar refractivity (Wildman–Crippen MR) is 132 cm³/mol. The zero-order chi connectivity index (χ0) is 23.9. The molecule has 34 heavy (non-hydrogen) atoms. The van der Waals surface area contributed by atoms with Gasteiger partial charge in [-0.25, -0.2) is 0 Å². The lowest BCUT2D eigenvalue weighted by atomic mass is 9.93. The van der Waals surface area contributed by atoms with E-state index in [1.807, 2.05) is 30.3 Å². The molecule has 0 spiro atoms. The Morgan fingerprint density at radius 1 is 1.09 bits per heavy atom. The van der Waals surface area contributed by atoms with E-state index in [1.165, 1.54) is 23.8 Å². The normalized spacial score (nSPS) is 16.0. The van der Waals surface area contributed by atoms with Gasteiger partial charge in [-0.2, -0.15) is 0 Å². The van der Waals surface area contributed by atoms with Crippen molar-refractivity contribution in [3.8, 4) is 5.75 Å². The van der Waals surface area contributed by atoms with E-state index in [0.29, 0.717) is 11.5 Å². The van der Waals surface area contributed by atoms with Crippen LogP contribution in [0.1, 0.15) is 47.1 Å². The van der Waals surface area contributed by atoms with Crippen molar-refractivity contribution in [3.63, 3.8) is 0 Å². The van der Waals surface area contributed by atoms with Crippen LogP contribution in [0.2, 0.25) is 0 Å². The van der Waals surface area contributed by atoms with Crippen LogP contribution in [0.25, 0.3) is 0 Å². The lowest BCUT2D eigenvalue weighted by molar-refractivity contribution is -0.115. The van der Waals surface area contributed by atoms with Crippen molar-refractivity contribution >= 4 is 11.6 Å². The van der Waals surface area contributed by atoms with E-state index in [2.05, 4.69) is 46.9 Å². The van der Waals surface area contributed by atoms with Crippen LogP contribution in [-0.2, 0) is 22.7 Å². The lowest BCUT2D eigenvalue weighted by Gasteiger charge is -2.15. The summed E-state index contributed by atoms with van der Waals surface area (Å²) < 4.78 is 6.06. The Morgan fingerprint density at radius 3 is 2.59 bits per heavy atom. The SMILES string of the molecule is CON=C(C(=O)NCC(C)O)c1ccccc1COc1ccc(C2CCc3ccccc32)cc1. The quantitative estimate of drug-likeness (QED) is 0.372. The first-order chi connectivity index (χ1) is 16.6. The van der Waals surface area contributed by atoms with E-state index in [4.69, 9.17) is 9.57 Å². The second kappa shape index (κ2) is 11.0. The molecule has 0 saturated carbocycles. The summed E-state index contributed by atoms with van der Waals surface area (Å²) in [5, 5.41) is 16.1. The molecule has 2 N–H and O–H groups in total. The van der Waals surface area contributed by atoms with Crippen molar-refractivity contribution < 1.29 is 19.5 Å². The molecule has 0 aliphatic heterocycles. The Morgan fingerprint density at radius 2 is 1.82 bits per heavy atom. The number of nitrogens with zero attached hydrogens (tertiary/aromatic N) is 1. The van der Waals surface area contributed by atoms with Gasteiger partial charge in [0.2, 0.25) is 0 Å².